The van der Waals surface area contributed by atoms with Crippen LogP contribution in [0.2, 0.25) is 0 Å². The van der Waals surface area contributed by atoms with Crippen molar-refractivity contribution < 1.29 is 23.1 Å². The van der Waals surface area contributed by atoms with E-state index in [1.807, 2.05) is 23.1 Å². The number of rotatable bonds is 6. The monoisotopic (exact) mass is 597 g/mol. The fraction of sp³-hybridized carbons (Fsp3) is 0.250. The maximum absolute atomic E-state index is 14.0. The van der Waals surface area contributed by atoms with Gasteiger partial charge in [0.25, 0.3) is 0 Å². The van der Waals surface area contributed by atoms with Gasteiger partial charge in [0.05, 0.1) is 35.4 Å². The summed E-state index contributed by atoms with van der Waals surface area (Å²) in [6.45, 7) is 3.79. The van der Waals surface area contributed by atoms with Crippen LogP contribution in [-0.2, 0) is 17.8 Å². The number of benzene rings is 2. The first-order valence-electron chi connectivity index (χ1n) is 14.4. The summed E-state index contributed by atoms with van der Waals surface area (Å²) >= 11 is 0. The highest BCUT2D eigenvalue weighted by Gasteiger charge is 2.30. The molecule has 4 N–H and O–H groups in total. The Labute approximate surface area is 250 Å². The van der Waals surface area contributed by atoms with E-state index in [1.165, 1.54) is 29.2 Å². The van der Waals surface area contributed by atoms with Gasteiger partial charge in [0.1, 0.15) is 5.82 Å². The number of nitrogens with one attached hydrogen (secondary N) is 2. The van der Waals surface area contributed by atoms with Crippen LogP contribution in [0.5, 0.6) is 11.6 Å². The number of nitrogen functional groups attached to an aromatic ring is 1. The number of aromatic amines is 1. The predicted molar refractivity (Wildman–Crippen MR) is 159 cm³/mol. The minimum absolute atomic E-state index is 0.0126. The molecule has 44 heavy (non-hydrogen) atoms. The number of nitrogens with two attached hydrogens (primary N) is 1. The number of pyridine rings is 1. The summed E-state index contributed by atoms with van der Waals surface area (Å²) < 4.78 is 34.8. The number of nitrogens with zero attached hydrogens (tertiary/aromatic N) is 4. The number of hydrogen-bond acceptors (Lipinski definition) is 7. The Hall–Kier alpha value is -5.10. The van der Waals surface area contributed by atoms with E-state index in [-0.39, 0.29) is 35.0 Å². The van der Waals surface area contributed by atoms with E-state index in [0.717, 1.165) is 53.5 Å². The first-order valence-corrected chi connectivity index (χ1v) is 14.4. The number of carbonyl (C=O) groups is 2. The highest BCUT2D eigenvalue weighted by molar-refractivity contribution is 6.12. The van der Waals surface area contributed by atoms with E-state index < -0.39 is 17.4 Å². The van der Waals surface area contributed by atoms with Crippen LogP contribution in [0, 0.1) is 18.6 Å². The molecule has 0 saturated carbocycles. The molecule has 12 heteroatoms. The van der Waals surface area contributed by atoms with Gasteiger partial charge in [-0.2, -0.15) is 5.10 Å². The van der Waals surface area contributed by atoms with Gasteiger partial charge in [0.15, 0.2) is 11.6 Å². The van der Waals surface area contributed by atoms with Gasteiger partial charge in [-0.1, -0.05) is 12.1 Å². The maximum Gasteiger partial charge on any atom is 0.240 e. The van der Waals surface area contributed by atoms with E-state index in [9.17, 15) is 18.4 Å². The minimum atomic E-state index is -0.848. The lowest BCUT2D eigenvalue weighted by Crippen LogP contribution is -2.45. The molecule has 2 aliphatic rings. The second-order valence-corrected chi connectivity index (χ2v) is 11.2. The third-order valence-electron chi connectivity index (χ3n) is 8.38. The van der Waals surface area contributed by atoms with Gasteiger partial charge in [-0.25, -0.2) is 18.4 Å². The van der Waals surface area contributed by atoms with Crippen LogP contribution in [0.25, 0.3) is 16.6 Å². The summed E-state index contributed by atoms with van der Waals surface area (Å²) in [5.41, 5.74) is 11.1. The lowest BCUT2D eigenvalue weighted by atomic mass is 9.95. The van der Waals surface area contributed by atoms with Crippen LogP contribution < -0.4 is 15.8 Å². The molecular weight excluding hydrogens is 568 g/mol. The van der Waals surface area contributed by atoms with Crippen molar-refractivity contribution in [2.75, 3.05) is 18.8 Å². The molecule has 10 nitrogen and oxygen atoms in total. The third-order valence-corrected chi connectivity index (χ3v) is 8.38. The molecule has 1 atom stereocenters. The molecule has 2 aromatic carbocycles. The Morgan fingerprint density at radius 1 is 1.11 bits per heavy atom. The number of anilines is 1. The summed E-state index contributed by atoms with van der Waals surface area (Å²) in [7, 11) is 0. The van der Waals surface area contributed by atoms with Gasteiger partial charge < -0.3 is 25.7 Å². The van der Waals surface area contributed by atoms with E-state index in [2.05, 4.69) is 20.4 Å². The number of ketones is 1. The SMILES string of the molecule is Cc1cc(Oc2c(F)cccc2F)ncc1-n1ncc(C(=O)c2cc3c4c(ccc3[nH]2)CN(C(=O)C2CCCN2)CC4)c1N. The number of H-pyrrole nitrogens is 1. The summed E-state index contributed by atoms with van der Waals surface area (Å²) in [6, 6.07) is 10.6. The van der Waals surface area contributed by atoms with Gasteiger partial charge in [-0.05, 0) is 73.7 Å². The quantitative estimate of drug-likeness (QED) is 0.244. The Balaban J connectivity index is 1.12. The molecule has 0 bridgehead atoms. The van der Waals surface area contributed by atoms with Crippen LogP contribution in [0.15, 0.2) is 54.9 Å². The number of fused-ring (bicyclic) bond motifs is 3. The molecule has 7 rings (SSSR count). The third kappa shape index (κ3) is 4.77. The lowest BCUT2D eigenvalue weighted by molar-refractivity contribution is -0.134. The van der Waals surface area contributed by atoms with E-state index in [4.69, 9.17) is 10.5 Å². The number of para-hydroxylation sites is 1. The van der Waals surface area contributed by atoms with Gasteiger partial charge in [0.2, 0.25) is 23.3 Å². The highest BCUT2D eigenvalue weighted by Crippen LogP contribution is 2.32. The molecule has 1 unspecified atom stereocenters. The molecule has 0 spiro atoms. The molecule has 224 valence electrons. The minimum Gasteiger partial charge on any atom is -0.433 e. The van der Waals surface area contributed by atoms with Crippen LogP contribution in [0.1, 0.15) is 45.6 Å². The summed E-state index contributed by atoms with van der Waals surface area (Å²) in [4.78, 5) is 35.9. The fourth-order valence-corrected chi connectivity index (χ4v) is 6.07. The van der Waals surface area contributed by atoms with Crippen molar-refractivity contribution in [2.24, 2.45) is 0 Å². The van der Waals surface area contributed by atoms with Crippen LogP contribution >= 0.6 is 0 Å². The standard InChI is InChI=1S/C32H29F2N7O3/c1-17-12-28(44-30-22(33)4-2-5-23(30)34)37-15-27(17)41-31(35)21(14-38-41)29(42)26-13-20-19-9-11-40(32(43)25-6-3-10-36-25)16-18(19)7-8-24(20)39-26/h2,4-5,7-8,12-15,25,36,39H,3,6,9-11,16,35H2,1H3. The van der Waals surface area contributed by atoms with Crippen molar-refractivity contribution in [1.82, 2.24) is 30.0 Å². The van der Waals surface area contributed by atoms with E-state index >= 15 is 0 Å². The number of aromatic nitrogens is 4. The second kappa shape index (κ2) is 10.9. The Morgan fingerprint density at radius 2 is 1.93 bits per heavy atom. The van der Waals surface area contributed by atoms with Crippen LogP contribution in [0.4, 0.5) is 14.6 Å². The number of aryl methyl sites for hydroxylation is 1. The number of halogens is 2. The van der Waals surface area contributed by atoms with Crippen molar-refractivity contribution in [3.63, 3.8) is 0 Å². The first-order chi connectivity index (χ1) is 21.3. The topological polar surface area (TPSA) is 131 Å². The zero-order chi connectivity index (χ0) is 30.5. The molecule has 1 amide bonds. The van der Waals surface area contributed by atoms with Crippen LogP contribution in [-0.4, -0.2) is 55.5 Å². The normalized spacial score (nSPS) is 16.3. The molecule has 5 aromatic rings. The van der Waals surface area contributed by atoms with E-state index in [0.29, 0.717) is 36.5 Å². The predicted octanol–water partition coefficient (Wildman–Crippen LogP) is 4.58. The van der Waals surface area contributed by atoms with Crippen molar-refractivity contribution in [3.05, 3.63) is 94.4 Å². The maximum atomic E-state index is 14.0. The summed E-state index contributed by atoms with van der Waals surface area (Å²) in [6.07, 6.45) is 5.40. The van der Waals surface area contributed by atoms with Crippen LogP contribution in [0.3, 0.4) is 0 Å². The second-order valence-electron chi connectivity index (χ2n) is 11.2. The first kappa shape index (κ1) is 27.7. The zero-order valence-electron chi connectivity index (χ0n) is 23.9. The van der Waals surface area contributed by atoms with E-state index in [1.54, 1.807) is 6.92 Å². The summed E-state index contributed by atoms with van der Waals surface area (Å²) in [5, 5.41) is 8.57. The van der Waals surface area contributed by atoms with Gasteiger partial charge in [-0.15, -0.1) is 0 Å². The summed E-state index contributed by atoms with van der Waals surface area (Å²) in [5.74, 6) is -2.31. The molecule has 2 aliphatic heterocycles. The molecule has 1 saturated heterocycles. The molecule has 5 heterocycles. The largest absolute Gasteiger partial charge is 0.433 e. The van der Waals surface area contributed by atoms with Gasteiger partial charge in [-0.3, -0.25) is 9.59 Å². The average molecular weight is 598 g/mol. The Bertz CT molecular complexity index is 1920. The number of carbonyl (C=O) groups excluding carboxylic acids is 2. The average Bonchev–Trinajstić information content (AvgIpc) is 3.79. The Morgan fingerprint density at radius 3 is 2.68 bits per heavy atom. The van der Waals surface area contributed by atoms with Gasteiger partial charge in [0, 0.05) is 30.1 Å². The van der Waals surface area contributed by atoms with Crippen molar-refractivity contribution in [2.45, 2.75) is 38.8 Å². The zero-order valence-corrected chi connectivity index (χ0v) is 23.9. The Kier molecular flexibility index (Phi) is 6.85. The van der Waals surface area contributed by atoms with Crippen molar-refractivity contribution in [1.29, 1.82) is 0 Å². The smallest absolute Gasteiger partial charge is 0.240 e. The molecule has 3 aromatic heterocycles. The fourth-order valence-electron chi connectivity index (χ4n) is 6.07. The van der Waals surface area contributed by atoms with Crippen molar-refractivity contribution >= 4 is 28.4 Å². The molecule has 0 aliphatic carbocycles. The van der Waals surface area contributed by atoms with Gasteiger partial charge >= 0.3 is 0 Å². The number of hydrogen-bond donors (Lipinski definition) is 3. The van der Waals surface area contributed by atoms with Crippen molar-refractivity contribution in [3.8, 4) is 17.3 Å². The highest BCUT2D eigenvalue weighted by atomic mass is 19.1. The molecular formula is C32H29F2N7O3. The molecule has 1 fully saturated rings. The molecule has 0 radical (unpaired) electrons. The lowest BCUT2D eigenvalue weighted by Gasteiger charge is -2.31. The number of amides is 1. The number of ether oxygens (including phenoxy) is 1.